The highest BCUT2D eigenvalue weighted by Crippen LogP contribution is 2.27. The number of alkyl halides is 1. The second-order valence-electron chi connectivity index (χ2n) is 5.13. The van der Waals surface area contributed by atoms with Crippen molar-refractivity contribution in [2.75, 3.05) is 26.1 Å². The molecule has 20 heavy (non-hydrogen) atoms. The van der Waals surface area contributed by atoms with Gasteiger partial charge in [0.15, 0.2) is 0 Å². The molecule has 0 radical (unpaired) electrons. The number of halogens is 1. The molecule has 0 aromatic heterocycles. The van der Waals surface area contributed by atoms with Crippen molar-refractivity contribution in [2.45, 2.75) is 24.7 Å². The van der Waals surface area contributed by atoms with Gasteiger partial charge in [-0.15, -0.1) is 11.6 Å². The van der Waals surface area contributed by atoms with E-state index >= 15 is 0 Å². The van der Waals surface area contributed by atoms with Crippen LogP contribution in [0.4, 0.5) is 0 Å². The van der Waals surface area contributed by atoms with Gasteiger partial charge in [0.25, 0.3) is 0 Å². The number of sulfonamides is 1. The Balaban J connectivity index is 2.20. The summed E-state index contributed by atoms with van der Waals surface area (Å²) < 4.78 is 31.9. The monoisotopic (exact) mass is 317 g/mol. The van der Waals surface area contributed by atoms with Crippen LogP contribution in [-0.4, -0.2) is 38.8 Å². The Kier molecular flexibility index (Phi) is 4.94. The van der Waals surface area contributed by atoms with Gasteiger partial charge in [-0.2, -0.15) is 4.31 Å². The molecule has 4 nitrogen and oxygen atoms in total. The van der Waals surface area contributed by atoms with Crippen LogP contribution in [0.5, 0.6) is 5.75 Å². The largest absolute Gasteiger partial charge is 0.496 e. The van der Waals surface area contributed by atoms with E-state index in [-0.39, 0.29) is 0 Å². The third-order valence-electron chi connectivity index (χ3n) is 3.80. The van der Waals surface area contributed by atoms with Gasteiger partial charge >= 0.3 is 0 Å². The summed E-state index contributed by atoms with van der Waals surface area (Å²) in [5, 5.41) is 0. The zero-order chi connectivity index (χ0) is 14.8. The smallest absolute Gasteiger partial charge is 0.243 e. The van der Waals surface area contributed by atoms with E-state index in [9.17, 15) is 8.42 Å². The average Bonchev–Trinajstić information content (AvgIpc) is 2.47. The van der Waals surface area contributed by atoms with Gasteiger partial charge < -0.3 is 4.74 Å². The zero-order valence-electron chi connectivity index (χ0n) is 11.8. The van der Waals surface area contributed by atoms with Gasteiger partial charge in [0, 0.05) is 19.0 Å². The van der Waals surface area contributed by atoms with Gasteiger partial charge in [0.2, 0.25) is 10.0 Å². The first-order valence-electron chi connectivity index (χ1n) is 6.69. The molecule has 0 aliphatic carbocycles. The van der Waals surface area contributed by atoms with E-state index in [4.69, 9.17) is 16.3 Å². The molecule has 0 bridgehead atoms. The molecule has 0 saturated carbocycles. The van der Waals surface area contributed by atoms with E-state index in [0.29, 0.717) is 35.5 Å². The van der Waals surface area contributed by atoms with Crippen LogP contribution in [0, 0.1) is 12.8 Å². The number of rotatable bonds is 4. The molecule has 1 heterocycles. The maximum Gasteiger partial charge on any atom is 0.243 e. The maximum atomic E-state index is 12.6. The van der Waals surface area contributed by atoms with E-state index in [2.05, 4.69) is 0 Å². The molecule has 0 N–H and O–H groups in total. The van der Waals surface area contributed by atoms with Crippen LogP contribution < -0.4 is 4.74 Å². The predicted octanol–water partition coefficient (Wildman–Crippen LogP) is 2.64. The first kappa shape index (κ1) is 15.6. The molecule has 0 amide bonds. The molecule has 0 atom stereocenters. The molecule has 6 heteroatoms. The van der Waals surface area contributed by atoms with Crippen molar-refractivity contribution >= 4 is 21.6 Å². The second kappa shape index (κ2) is 6.33. The molecule has 0 unspecified atom stereocenters. The summed E-state index contributed by atoms with van der Waals surface area (Å²) in [6.45, 7) is 2.94. The van der Waals surface area contributed by atoms with E-state index < -0.39 is 10.0 Å². The number of nitrogens with zero attached hydrogens (tertiary/aromatic N) is 1. The number of aryl methyl sites for hydroxylation is 1. The standard InChI is InChI=1S/C14H20ClNO3S/c1-11-9-13(3-4-14(11)19-2)20(17,18)16-7-5-12(10-15)6-8-16/h3-4,9,12H,5-8,10H2,1-2H3. The molecule has 1 aliphatic heterocycles. The van der Waals surface area contributed by atoms with Gasteiger partial charge in [-0.25, -0.2) is 8.42 Å². The van der Waals surface area contributed by atoms with E-state index in [0.717, 1.165) is 18.4 Å². The summed E-state index contributed by atoms with van der Waals surface area (Å²) in [6, 6.07) is 4.98. The Hall–Kier alpha value is -0.780. The average molecular weight is 318 g/mol. The van der Waals surface area contributed by atoms with Crippen molar-refractivity contribution < 1.29 is 13.2 Å². The highest BCUT2D eigenvalue weighted by Gasteiger charge is 2.29. The lowest BCUT2D eigenvalue weighted by atomic mass is 10.0. The molecule has 1 aromatic carbocycles. The minimum atomic E-state index is -3.41. The number of piperidine rings is 1. The number of ether oxygens (including phenoxy) is 1. The molecule has 0 spiro atoms. The Morgan fingerprint density at radius 3 is 2.50 bits per heavy atom. The molecular formula is C14H20ClNO3S. The lowest BCUT2D eigenvalue weighted by molar-refractivity contribution is 0.290. The Bertz CT molecular complexity index is 566. The van der Waals surface area contributed by atoms with Crippen molar-refractivity contribution in [3.8, 4) is 5.75 Å². The van der Waals surface area contributed by atoms with Crippen molar-refractivity contribution in [3.63, 3.8) is 0 Å². The van der Waals surface area contributed by atoms with Gasteiger partial charge in [-0.3, -0.25) is 0 Å². The normalized spacial score (nSPS) is 18.1. The molecular weight excluding hydrogens is 298 g/mol. The molecule has 1 aromatic rings. The maximum absolute atomic E-state index is 12.6. The highest BCUT2D eigenvalue weighted by molar-refractivity contribution is 7.89. The molecule has 1 fully saturated rings. The SMILES string of the molecule is COc1ccc(S(=O)(=O)N2CCC(CCl)CC2)cc1C. The van der Waals surface area contributed by atoms with Gasteiger partial charge in [-0.1, -0.05) is 0 Å². The summed E-state index contributed by atoms with van der Waals surface area (Å²) >= 11 is 5.83. The van der Waals surface area contributed by atoms with Crippen LogP contribution in [0.15, 0.2) is 23.1 Å². The fourth-order valence-corrected chi connectivity index (χ4v) is 4.33. The van der Waals surface area contributed by atoms with Gasteiger partial charge in [-0.05, 0) is 49.4 Å². The lowest BCUT2D eigenvalue weighted by Crippen LogP contribution is -2.38. The molecule has 1 saturated heterocycles. The van der Waals surface area contributed by atoms with Crippen molar-refractivity contribution in [3.05, 3.63) is 23.8 Å². The van der Waals surface area contributed by atoms with E-state index in [1.54, 1.807) is 29.6 Å². The number of benzene rings is 1. The van der Waals surface area contributed by atoms with Crippen LogP contribution >= 0.6 is 11.6 Å². The van der Waals surface area contributed by atoms with Crippen LogP contribution in [0.2, 0.25) is 0 Å². The van der Waals surface area contributed by atoms with Gasteiger partial charge in [0.05, 0.1) is 12.0 Å². The predicted molar refractivity (Wildman–Crippen MR) is 79.9 cm³/mol. The van der Waals surface area contributed by atoms with Crippen LogP contribution in [0.1, 0.15) is 18.4 Å². The summed E-state index contributed by atoms with van der Waals surface area (Å²) in [7, 11) is -1.83. The van der Waals surface area contributed by atoms with Crippen molar-refractivity contribution in [2.24, 2.45) is 5.92 Å². The summed E-state index contributed by atoms with van der Waals surface area (Å²) in [5.41, 5.74) is 0.823. The second-order valence-corrected chi connectivity index (χ2v) is 7.38. The third kappa shape index (κ3) is 3.10. The molecule has 2 rings (SSSR count). The molecule has 112 valence electrons. The van der Waals surface area contributed by atoms with E-state index in [1.165, 1.54) is 0 Å². The Morgan fingerprint density at radius 2 is 2.00 bits per heavy atom. The number of hydrogen-bond acceptors (Lipinski definition) is 3. The first-order valence-corrected chi connectivity index (χ1v) is 8.67. The first-order chi connectivity index (χ1) is 9.48. The van der Waals surface area contributed by atoms with E-state index in [1.807, 2.05) is 6.92 Å². The Morgan fingerprint density at radius 1 is 1.35 bits per heavy atom. The topological polar surface area (TPSA) is 46.6 Å². The van der Waals surface area contributed by atoms with Crippen LogP contribution in [0.25, 0.3) is 0 Å². The quantitative estimate of drug-likeness (QED) is 0.802. The number of hydrogen-bond donors (Lipinski definition) is 0. The Labute approximate surface area is 125 Å². The fourth-order valence-electron chi connectivity index (χ4n) is 2.46. The van der Waals surface area contributed by atoms with Crippen molar-refractivity contribution in [1.82, 2.24) is 4.31 Å². The van der Waals surface area contributed by atoms with Crippen LogP contribution in [-0.2, 0) is 10.0 Å². The summed E-state index contributed by atoms with van der Waals surface area (Å²) in [5.74, 6) is 1.74. The lowest BCUT2D eigenvalue weighted by Gasteiger charge is -2.30. The highest BCUT2D eigenvalue weighted by atomic mass is 35.5. The van der Waals surface area contributed by atoms with Gasteiger partial charge in [0.1, 0.15) is 5.75 Å². The fraction of sp³-hybridized carbons (Fsp3) is 0.571. The van der Waals surface area contributed by atoms with Crippen LogP contribution in [0.3, 0.4) is 0 Å². The summed E-state index contributed by atoms with van der Waals surface area (Å²) in [6.07, 6.45) is 1.66. The third-order valence-corrected chi connectivity index (χ3v) is 6.13. The summed E-state index contributed by atoms with van der Waals surface area (Å²) in [4.78, 5) is 0.333. The minimum absolute atomic E-state index is 0.333. The van der Waals surface area contributed by atoms with Crippen molar-refractivity contribution in [1.29, 1.82) is 0 Å². The number of methoxy groups -OCH3 is 1. The zero-order valence-corrected chi connectivity index (χ0v) is 13.4. The molecule has 1 aliphatic rings. The minimum Gasteiger partial charge on any atom is -0.496 e.